The van der Waals surface area contributed by atoms with Gasteiger partial charge in [0.15, 0.2) is 0 Å². The third-order valence-electron chi connectivity index (χ3n) is 3.98. The van der Waals surface area contributed by atoms with Crippen molar-refractivity contribution < 1.29 is 70.0 Å². The second-order valence-electron chi connectivity index (χ2n) is 7.14. The molecule has 23 heteroatoms. The molecule has 0 aliphatic carbocycles. The number of hydrogen-bond acceptors (Lipinski definition) is 10. The van der Waals surface area contributed by atoms with E-state index < -0.39 is 49.9 Å². The fraction of sp³-hybridized carbons (Fsp3) is 1.00. The van der Waals surface area contributed by atoms with Gasteiger partial charge in [0.1, 0.15) is 0 Å². The van der Waals surface area contributed by atoms with Gasteiger partial charge in [-0.25, -0.2) is 22.8 Å². The van der Waals surface area contributed by atoms with Crippen molar-refractivity contribution >= 4 is 39.0 Å². The van der Waals surface area contributed by atoms with Crippen LogP contribution in [0.3, 0.4) is 0 Å². The van der Waals surface area contributed by atoms with Gasteiger partial charge in [-0.05, 0) is 45.3 Å². The highest BCUT2D eigenvalue weighted by Crippen LogP contribution is 2.77. The van der Waals surface area contributed by atoms with Crippen LogP contribution in [-0.4, -0.2) is 64.9 Å². The summed E-state index contributed by atoms with van der Waals surface area (Å²) in [6.45, 7) is 1.09. The summed E-state index contributed by atoms with van der Waals surface area (Å²) in [7, 11) is -29.6. The van der Waals surface area contributed by atoms with E-state index in [1.807, 2.05) is 0 Å². The summed E-state index contributed by atoms with van der Waals surface area (Å²) in [5, 5.41) is 3.20. The number of nitrogens with zero attached hydrogens (tertiary/aromatic N) is 1. The molecule has 0 heterocycles. The second-order valence-corrected chi connectivity index (χ2v) is 15.2. The van der Waals surface area contributed by atoms with Gasteiger partial charge < -0.3 is 45.3 Å². The van der Waals surface area contributed by atoms with Crippen LogP contribution >= 0.6 is 39.0 Å². The predicted molar refractivity (Wildman–Crippen MR) is 122 cm³/mol. The zero-order chi connectivity index (χ0) is 27.4. The summed E-state index contributed by atoms with van der Waals surface area (Å²) < 4.78 is 69.3. The molecule has 10 N–H and O–H groups in total. The average molecular weight is 615 g/mol. The number of rotatable bonds is 21. The van der Waals surface area contributed by atoms with Crippen molar-refractivity contribution in [1.29, 1.82) is 0 Å². The topological polar surface area (TPSA) is 296 Å². The Morgan fingerprint density at radius 1 is 0.600 bits per heavy atom. The lowest BCUT2D eigenvalue weighted by Gasteiger charge is -2.31. The van der Waals surface area contributed by atoms with E-state index in [9.17, 15) is 27.7 Å². The van der Waals surface area contributed by atoms with Crippen molar-refractivity contribution in [1.82, 2.24) is 9.76 Å². The summed E-state index contributed by atoms with van der Waals surface area (Å²) >= 11 is 0. The molecular formula is C12H34N3O15P5. The number of nitrogens with one attached hydrogen (secondary N) is 1. The Morgan fingerprint density at radius 3 is 1.40 bits per heavy atom. The van der Waals surface area contributed by atoms with Gasteiger partial charge in [0.25, 0.3) is 0 Å². The van der Waals surface area contributed by atoms with Crippen LogP contribution < -0.4 is 11.1 Å². The minimum atomic E-state index is -6.06. The molecule has 18 nitrogen and oxygen atoms in total. The lowest BCUT2D eigenvalue weighted by atomic mass is 10.2. The molecule has 0 aromatic heterocycles. The molecule has 212 valence electrons. The lowest BCUT2D eigenvalue weighted by Crippen LogP contribution is -2.22. The molecule has 0 radical (unpaired) electrons. The van der Waals surface area contributed by atoms with Gasteiger partial charge in [-0.15, -0.1) is 4.44 Å². The summed E-state index contributed by atoms with van der Waals surface area (Å²) in [5.74, 6) is 0. The molecule has 1 atom stereocenters. The first kappa shape index (κ1) is 35.6. The van der Waals surface area contributed by atoms with Gasteiger partial charge in [-0.1, -0.05) is 25.7 Å². The van der Waals surface area contributed by atoms with Crippen molar-refractivity contribution in [2.24, 2.45) is 5.73 Å². The summed E-state index contributed by atoms with van der Waals surface area (Å²) in [5.41, 5.74) is 5.41. The van der Waals surface area contributed by atoms with Crippen LogP contribution in [0.1, 0.15) is 51.4 Å². The van der Waals surface area contributed by atoms with E-state index in [1.165, 1.54) is 0 Å². The van der Waals surface area contributed by atoms with Gasteiger partial charge in [0, 0.05) is 6.54 Å². The first-order chi connectivity index (χ1) is 15.8. The lowest BCUT2D eigenvalue weighted by molar-refractivity contribution is 0.208. The standard InChI is InChI=1S/C12H34N3O15P5/c13-9-5-1-2-6-10-14-11-7-3-4-8-12-15(31(16,17)28-33(19,20)21)32(18,29-34(22,23)24)30-35(25,26)27/h14H,1-13H2,(H,16,17)(H2,19,20,21)(H2,22,23,24)(H2,25,26,27). The minimum Gasteiger partial charge on any atom is -0.330 e. The smallest absolute Gasteiger partial charge is 0.330 e. The molecule has 0 rings (SSSR count). The molecule has 0 saturated carbocycles. The monoisotopic (exact) mass is 615 g/mol. The van der Waals surface area contributed by atoms with Crippen LogP contribution in [0.5, 0.6) is 0 Å². The molecule has 0 aliphatic rings. The third-order valence-corrected chi connectivity index (χ3v) is 11.9. The van der Waals surface area contributed by atoms with E-state index >= 15 is 0 Å². The zero-order valence-electron chi connectivity index (χ0n) is 18.6. The van der Waals surface area contributed by atoms with E-state index in [4.69, 9.17) is 35.1 Å². The quantitative estimate of drug-likeness (QED) is 0.0652. The number of unbranched alkanes of at least 4 members (excludes halogenated alkanes) is 6. The molecule has 0 aliphatic heterocycles. The van der Waals surface area contributed by atoms with Crippen molar-refractivity contribution in [3.8, 4) is 0 Å². The van der Waals surface area contributed by atoms with Crippen LogP contribution in [-0.2, 0) is 35.8 Å². The van der Waals surface area contributed by atoms with Crippen molar-refractivity contribution in [2.75, 3.05) is 26.2 Å². The highest BCUT2D eigenvalue weighted by Gasteiger charge is 2.54. The third kappa shape index (κ3) is 18.5. The number of hydrogen-bond donors (Lipinski definition) is 9. The molecule has 0 aromatic rings. The summed E-state index contributed by atoms with van der Waals surface area (Å²) in [4.78, 5) is 63.4. The molecule has 0 spiro atoms. The maximum atomic E-state index is 12.8. The Morgan fingerprint density at radius 2 is 1.00 bits per heavy atom. The van der Waals surface area contributed by atoms with Crippen molar-refractivity contribution in [2.45, 2.75) is 51.4 Å². The molecule has 0 fully saturated rings. The Hall–Kier alpha value is 0.630. The maximum absolute atomic E-state index is 12.8. The highest BCUT2D eigenvalue weighted by atomic mass is 31.3. The molecule has 35 heavy (non-hydrogen) atoms. The minimum absolute atomic E-state index is 0.201. The van der Waals surface area contributed by atoms with Crippen molar-refractivity contribution in [3.05, 3.63) is 0 Å². The number of nitrogens with two attached hydrogens (primary N) is 1. The van der Waals surface area contributed by atoms with Crippen LogP contribution in [0, 0.1) is 0 Å². The van der Waals surface area contributed by atoms with E-state index in [2.05, 4.69) is 18.2 Å². The fourth-order valence-electron chi connectivity index (χ4n) is 2.67. The Balaban J connectivity index is 5.18. The van der Waals surface area contributed by atoms with Gasteiger partial charge in [0.05, 0.1) is 0 Å². The van der Waals surface area contributed by atoms with Crippen LogP contribution in [0.2, 0.25) is 0 Å². The zero-order valence-corrected chi connectivity index (χ0v) is 23.1. The van der Waals surface area contributed by atoms with E-state index in [0.29, 0.717) is 25.9 Å². The molecule has 0 amide bonds. The van der Waals surface area contributed by atoms with Crippen molar-refractivity contribution in [3.63, 3.8) is 0 Å². The normalized spacial score (nSPS) is 15.5. The second kappa shape index (κ2) is 15.9. The highest BCUT2D eigenvalue weighted by molar-refractivity contribution is 7.76. The summed E-state index contributed by atoms with van der Waals surface area (Å²) in [6.07, 6.45) is 5.16. The Kier molecular flexibility index (Phi) is 16.2. The average Bonchev–Trinajstić information content (AvgIpc) is 2.59. The SMILES string of the molecule is NCCCCCCNCCCCCCN(P(=O)(O)OP(=O)(O)O)P(=O)(OP(=O)(O)O)OP(=O)(O)O. The molecule has 0 bridgehead atoms. The molecule has 1 unspecified atom stereocenters. The van der Waals surface area contributed by atoms with Gasteiger partial charge >= 0.3 is 39.0 Å². The van der Waals surface area contributed by atoms with Crippen LogP contribution in [0.25, 0.3) is 0 Å². The Bertz CT molecular complexity index is 829. The molecule has 0 saturated heterocycles. The maximum Gasteiger partial charge on any atom is 0.477 e. The van der Waals surface area contributed by atoms with Crippen LogP contribution in [0.4, 0.5) is 0 Å². The fourth-order valence-corrected chi connectivity index (χ4v) is 10.1. The first-order valence-corrected chi connectivity index (χ1v) is 17.9. The van der Waals surface area contributed by atoms with E-state index in [1.54, 1.807) is 0 Å². The molecular weight excluding hydrogens is 581 g/mol. The Labute approximate surface area is 202 Å². The molecule has 0 aromatic carbocycles. The first-order valence-electron chi connectivity index (χ1n) is 10.2. The van der Waals surface area contributed by atoms with Gasteiger partial charge in [-0.3, -0.25) is 0 Å². The largest absolute Gasteiger partial charge is 0.477 e. The van der Waals surface area contributed by atoms with Crippen LogP contribution in [0.15, 0.2) is 0 Å². The number of phosphoric acid groups is 3. The van der Waals surface area contributed by atoms with E-state index in [0.717, 1.165) is 32.2 Å². The predicted octanol–water partition coefficient (Wildman–Crippen LogP) is 1.49. The van der Waals surface area contributed by atoms with Gasteiger partial charge in [0.2, 0.25) is 0 Å². The van der Waals surface area contributed by atoms with Gasteiger partial charge in [-0.2, -0.15) is 12.9 Å². The summed E-state index contributed by atoms with van der Waals surface area (Å²) in [6, 6.07) is 0. The van der Waals surface area contributed by atoms with E-state index in [-0.39, 0.29) is 12.8 Å².